The van der Waals surface area contributed by atoms with Gasteiger partial charge in [0, 0.05) is 13.0 Å². The number of ether oxygens (including phenoxy) is 2. The van der Waals surface area contributed by atoms with Crippen LogP contribution in [0.3, 0.4) is 0 Å². The molecule has 0 aliphatic heterocycles. The van der Waals surface area contributed by atoms with E-state index < -0.39 is 30.1 Å². The number of aliphatic carboxylic acids is 1. The number of hydrogen-bond donors (Lipinski definition) is 3. The van der Waals surface area contributed by atoms with Crippen LogP contribution in [0.15, 0.2) is 48.5 Å². The third kappa shape index (κ3) is 5.68. The molecule has 33 heavy (non-hydrogen) atoms. The molecule has 0 spiro atoms. The number of hydroxylamine groups is 1. The highest BCUT2D eigenvalue weighted by atomic mass is 16.7. The highest BCUT2D eigenvalue weighted by Crippen LogP contribution is 2.44. The number of amides is 2. The van der Waals surface area contributed by atoms with Crippen LogP contribution in [0.2, 0.25) is 0 Å². The van der Waals surface area contributed by atoms with E-state index in [9.17, 15) is 14.4 Å². The summed E-state index contributed by atoms with van der Waals surface area (Å²) in [5.74, 6) is -2.40. The Bertz CT molecular complexity index is 962. The monoisotopic (exact) mass is 456 g/mol. The Balaban J connectivity index is 1.61. The first-order valence-electron chi connectivity index (χ1n) is 10.6. The molecule has 3 N–H and O–H groups in total. The van der Waals surface area contributed by atoms with Crippen LogP contribution in [0, 0.1) is 5.92 Å². The van der Waals surface area contributed by atoms with Crippen molar-refractivity contribution in [3.05, 3.63) is 59.7 Å². The number of alkyl carbamates (subject to hydrolysis) is 1. The lowest BCUT2D eigenvalue weighted by Crippen LogP contribution is -2.51. The van der Waals surface area contributed by atoms with E-state index >= 15 is 0 Å². The summed E-state index contributed by atoms with van der Waals surface area (Å²) >= 11 is 0. The summed E-state index contributed by atoms with van der Waals surface area (Å²) in [6.07, 6.45) is -2.13. The highest BCUT2D eigenvalue weighted by Gasteiger charge is 2.31. The van der Waals surface area contributed by atoms with E-state index in [1.54, 1.807) is 13.8 Å². The summed E-state index contributed by atoms with van der Waals surface area (Å²) in [4.78, 5) is 41.1. The summed E-state index contributed by atoms with van der Waals surface area (Å²) in [7, 11) is 1.32. The molecule has 0 fully saturated rings. The predicted octanol–water partition coefficient (Wildman–Crippen LogP) is 2.70. The second kappa shape index (κ2) is 10.9. The lowest BCUT2D eigenvalue weighted by Gasteiger charge is -2.23. The first-order valence-corrected chi connectivity index (χ1v) is 10.6. The molecule has 1 unspecified atom stereocenters. The molecule has 2 atom stereocenters. The first kappa shape index (κ1) is 24.2. The number of hydrogen-bond acceptors (Lipinski definition) is 6. The number of fused-ring (bicyclic) bond motifs is 3. The molecule has 0 aromatic heterocycles. The standard InChI is InChI=1S/C24H28N2O7/c1-14(2)21(22(27)26-33-20(13-31-3)23(28)29)25-24(30)32-12-19-17-10-6-4-8-15(17)16-9-5-7-11-18(16)19/h4-11,14,19-21H,12-13H2,1-3H3,(H,25,30)(H,26,27)(H,28,29)/t20?,21-/m1/s1. The van der Waals surface area contributed by atoms with Gasteiger partial charge in [-0.05, 0) is 28.2 Å². The molecule has 0 saturated carbocycles. The van der Waals surface area contributed by atoms with Crippen molar-refractivity contribution in [1.82, 2.24) is 10.8 Å². The van der Waals surface area contributed by atoms with Crippen LogP contribution in [-0.4, -0.2) is 55.5 Å². The molecule has 0 bridgehead atoms. The molecule has 1 aliphatic carbocycles. The zero-order valence-electron chi connectivity index (χ0n) is 18.7. The van der Waals surface area contributed by atoms with Crippen molar-refractivity contribution < 1.29 is 33.8 Å². The van der Waals surface area contributed by atoms with Crippen molar-refractivity contribution in [2.45, 2.75) is 31.9 Å². The molecule has 2 aromatic rings. The van der Waals surface area contributed by atoms with Gasteiger partial charge in [0.1, 0.15) is 12.6 Å². The van der Waals surface area contributed by atoms with Gasteiger partial charge in [-0.15, -0.1) is 0 Å². The topological polar surface area (TPSA) is 123 Å². The van der Waals surface area contributed by atoms with E-state index in [0.29, 0.717) is 0 Å². The van der Waals surface area contributed by atoms with Gasteiger partial charge in [0.25, 0.3) is 5.91 Å². The van der Waals surface area contributed by atoms with Crippen molar-refractivity contribution in [2.75, 3.05) is 20.3 Å². The van der Waals surface area contributed by atoms with Gasteiger partial charge in [-0.2, -0.15) is 0 Å². The minimum absolute atomic E-state index is 0.108. The number of rotatable bonds is 10. The van der Waals surface area contributed by atoms with Crippen molar-refractivity contribution in [3.63, 3.8) is 0 Å². The van der Waals surface area contributed by atoms with Gasteiger partial charge in [0.15, 0.2) is 0 Å². The van der Waals surface area contributed by atoms with Crippen LogP contribution in [0.25, 0.3) is 11.1 Å². The highest BCUT2D eigenvalue weighted by molar-refractivity contribution is 5.85. The van der Waals surface area contributed by atoms with Crippen LogP contribution in [0.4, 0.5) is 4.79 Å². The molecule has 2 aromatic carbocycles. The van der Waals surface area contributed by atoms with Crippen LogP contribution in [0.1, 0.15) is 30.9 Å². The summed E-state index contributed by atoms with van der Waals surface area (Å²) < 4.78 is 10.2. The van der Waals surface area contributed by atoms with Crippen LogP contribution >= 0.6 is 0 Å². The van der Waals surface area contributed by atoms with E-state index in [0.717, 1.165) is 22.3 Å². The molecule has 9 nitrogen and oxygen atoms in total. The Hall–Kier alpha value is -3.43. The Morgan fingerprint density at radius 2 is 1.58 bits per heavy atom. The number of carboxylic acids is 1. The third-order valence-electron chi connectivity index (χ3n) is 5.46. The zero-order chi connectivity index (χ0) is 24.0. The summed E-state index contributed by atoms with van der Waals surface area (Å²) in [5.41, 5.74) is 6.48. The minimum Gasteiger partial charge on any atom is -0.479 e. The quantitative estimate of drug-likeness (QED) is 0.470. The molecule has 0 saturated heterocycles. The van der Waals surface area contributed by atoms with Gasteiger partial charge in [0.05, 0.1) is 6.61 Å². The second-order valence-electron chi connectivity index (χ2n) is 8.06. The van der Waals surface area contributed by atoms with E-state index in [4.69, 9.17) is 19.4 Å². The number of carbonyl (C=O) groups excluding carboxylic acids is 2. The molecular weight excluding hydrogens is 428 g/mol. The lowest BCUT2D eigenvalue weighted by molar-refractivity contribution is -0.165. The molecule has 0 radical (unpaired) electrons. The third-order valence-corrected chi connectivity index (χ3v) is 5.46. The summed E-state index contributed by atoms with van der Waals surface area (Å²) in [6.45, 7) is 3.33. The largest absolute Gasteiger partial charge is 0.479 e. The summed E-state index contributed by atoms with van der Waals surface area (Å²) in [6, 6.07) is 15.0. The van der Waals surface area contributed by atoms with E-state index in [1.807, 2.05) is 48.5 Å². The zero-order valence-corrected chi connectivity index (χ0v) is 18.7. The Labute approximate surface area is 192 Å². The van der Waals surface area contributed by atoms with Gasteiger partial charge in [-0.3, -0.25) is 9.63 Å². The van der Waals surface area contributed by atoms with Gasteiger partial charge in [-0.1, -0.05) is 62.4 Å². The van der Waals surface area contributed by atoms with Gasteiger partial charge < -0.3 is 19.9 Å². The fourth-order valence-electron chi connectivity index (χ4n) is 3.80. The average Bonchev–Trinajstić information content (AvgIpc) is 3.12. The lowest BCUT2D eigenvalue weighted by atomic mass is 9.98. The minimum atomic E-state index is -1.37. The maximum absolute atomic E-state index is 12.5. The Kier molecular flexibility index (Phi) is 8.02. The van der Waals surface area contributed by atoms with Crippen molar-refractivity contribution >= 4 is 18.0 Å². The first-order chi connectivity index (χ1) is 15.8. The maximum Gasteiger partial charge on any atom is 0.407 e. The fraction of sp³-hybridized carbons (Fsp3) is 0.375. The predicted molar refractivity (Wildman–Crippen MR) is 119 cm³/mol. The average molecular weight is 456 g/mol. The fourth-order valence-corrected chi connectivity index (χ4v) is 3.80. The van der Waals surface area contributed by atoms with Crippen molar-refractivity contribution in [1.29, 1.82) is 0 Å². The van der Waals surface area contributed by atoms with Gasteiger partial charge in [-0.25, -0.2) is 15.1 Å². The number of methoxy groups -OCH3 is 1. The van der Waals surface area contributed by atoms with Crippen LogP contribution in [-0.2, 0) is 23.9 Å². The number of carbonyl (C=O) groups is 3. The summed E-state index contributed by atoms with van der Waals surface area (Å²) in [5, 5.41) is 11.6. The van der Waals surface area contributed by atoms with Crippen molar-refractivity contribution in [3.8, 4) is 11.1 Å². The van der Waals surface area contributed by atoms with E-state index in [2.05, 4.69) is 10.8 Å². The molecule has 2 amide bonds. The molecule has 0 heterocycles. The van der Waals surface area contributed by atoms with Gasteiger partial charge >= 0.3 is 12.1 Å². The smallest absolute Gasteiger partial charge is 0.407 e. The van der Waals surface area contributed by atoms with Gasteiger partial charge in [0.2, 0.25) is 6.10 Å². The molecule has 3 rings (SSSR count). The maximum atomic E-state index is 12.5. The number of nitrogens with one attached hydrogen (secondary N) is 2. The normalized spacial score (nSPS) is 14.2. The van der Waals surface area contributed by atoms with Crippen LogP contribution in [0.5, 0.6) is 0 Å². The number of benzene rings is 2. The van der Waals surface area contributed by atoms with Crippen LogP contribution < -0.4 is 10.8 Å². The number of carboxylic acid groups (broad SMARTS) is 1. The Morgan fingerprint density at radius 1 is 1.00 bits per heavy atom. The SMILES string of the molecule is COCC(ONC(=O)[C@H](NC(=O)OCC1c2ccccc2-c2ccccc21)C(C)C)C(=O)O. The van der Waals surface area contributed by atoms with E-state index in [1.165, 1.54) is 7.11 Å². The second-order valence-corrected chi connectivity index (χ2v) is 8.06. The molecular formula is C24H28N2O7. The molecule has 9 heteroatoms. The molecule has 1 aliphatic rings. The molecule has 176 valence electrons. The van der Waals surface area contributed by atoms with Crippen molar-refractivity contribution in [2.24, 2.45) is 5.92 Å². The van der Waals surface area contributed by atoms with E-state index in [-0.39, 0.29) is 25.0 Å². The Morgan fingerprint density at radius 3 is 2.09 bits per heavy atom.